The van der Waals surface area contributed by atoms with Crippen LogP contribution < -0.4 is 5.32 Å². The Labute approximate surface area is 109 Å². The first-order valence-electron chi connectivity index (χ1n) is 6.65. The second-order valence-corrected chi connectivity index (χ2v) is 4.84. The summed E-state index contributed by atoms with van der Waals surface area (Å²) in [6.45, 7) is 6.23. The lowest BCUT2D eigenvalue weighted by Crippen LogP contribution is -2.18. The number of hydrogen-bond donors (Lipinski definition) is 2. The Morgan fingerprint density at radius 1 is 1.39 bits per heavy atom. The van der Waals surface area contributed by atoms with Gasteiger partial charge in [0.25, 0.3) is 0 Å². The molecule has 0 radical (unpaired) electrons. The standard InChI is InChI=1S/C15H23NO2/c1-4-5-6-9-12(3)16-14-11(2)8-7-10-13(14)15(17)18/h7-8,10,12,16H,4-6,9H2,1-3H3,(H,17,18). The second-order valence-electron chi connectivity index (χ2n) is 4.84. The minimum Gasteiger partial charge on any atom is -0.478 e. The van der Waals surface area contributed by atoms with E-state index in [9.17, 15) is 9.90 Å². The molecule has 100 valence electrons. The lowest BCUT2D eigenvalue weighted by Gasteiger charge is -2.18. The molecule has 3 nitrogen and oxygen atoms in total. The molecule has 18 heavy (non-hydrogen) atoms. The summed E-state index contributed by atoms with van der Waals surface area (Å²) in [5.74, 6) is -0.873. The maximum atomic E-state index is 11.2. The van der Waals surface area contributed by atoms with Gasteiger partial charge in [0.2, 0.25) is 0 Å². The van der Waals surface area contributed by atoms with Gasteiger partial charge in [0, 0.05) is 6.04 Å². The fourth-order valence-electron chi connectivity index (χ4n) is 2.06. The van der Waals surface area contributed by atoms with E-state index < -0.39 is 5.97 Å². The summed E-state index contributed by atoms with van der Waals surface area (Å²) in [7, 11) is 0. The molecule has 0 heterocycles. The smallest absolute Gasteiger partial charge is 0.337 e. The highest BCUT2D eigenvalue weighted by atomic mass is 16.4. The van der Waals surface area contributed by atoms with Crippen molar-refractivity contribution >= 4 is 11.7 Å². The van der Waals surface area contributed by atoms with Gasteiger partial charge in [0.1, 0.15) is 0 Å². The fourth-order valence-corrected chi connectivity index (χ4v) is 2.06. The summed E-state index contributed by atoms with van der Waals surface area (Å²) in [5.41, 5.74) is 2.10. The monoisotopic (exact) mass is 249 g/mol. The van der Waals surface area contributed by atoms with Crippen LogP contribution in [0.4, 0.5) is 5.69 Å². The van der Waals surface area contributed by atoms with Crippen LogP contribution in [0.1, 0.15) is 55.5 Å². The molecule has 3 heteroatoms. The van der Waals surface area contributed by atoms with Crippen molar-refractivity contribution in [1.82, 2.24) is 0 Å². The van der Waals surface area contributed by atoms with E-state index in [1.54, 1.807) is 12.1 Å². The van der Waals surface area contributed by atoms with Gasteiger partial charge in [-0.2, -0.15) is 0 Å². The normalized spacial score (nSPS) is 12.2. The number of carboxylic acids is 1. The lowest BCUT2D eigenvalue weighted by molar-refractivity contribution is 0.0698. The maximum Gasteiger partial charge on any atom is 0.337 e. The molecule has 0 saturated heterocycles. The SMILES string of the molecule is CCCCCC(C)Nc1c(C)cccc1C(=O)O. The molecule has 1 atom stereocenters. The van der Waals surface area contributed by atoms with E-state index in [0.29, 0.717) is 11.6 Å². The third-order valence-corrected chi connectivity index (χ3v) is 3.13. The molecule has 0 fully saturated rings. The molecule has 0 aliphatic rings. The van der Waals surface area contributed by atoms with Crippen molar-refractivity contribution in [2.45, 2.75) is 52.5 Å². The van der Waals surface area contributed by atoms with Gasteiger partial charge < -0.3 is 10.4 Å². The highest BCUT2D eigenvalue weighted by Crippen LogP contribution is 2.22. The van der Waals surface area contributed by atoms with Crippen molar-refractivity contribution in [3.63, 3.8) is 0 Å². The summed E-state index contributed by atoms with van der Waals surface area (Å²) in [6, 6.07) is 5.67. The van der Waals surface area contributed by atoms with E-state index >= 15 is 0 Å². The van der Waals surface area contributed by atoms with E-state index in [2.05, 4.69) is 19.2 Å². The molecule has 0 saturated carbocycles. The number of unbranched alkanes of at least 4 members (excludes halogenated alkanes) is 2. The van der Waals surface area contributed by atoms with Gasteiger partial charge >= 0.3 is 5.97 Å². The first-order valence-corrected chi connectivity index (χ1v) is 6.65. The number of benzene rings is 1. The van der Waals surface area contributed by atoms with Gasteiger partial charge in [-0.3, -0.25) is 0 Å². The van der Waals surface area contributed by atoms with Gasteiger partial charge in [0.05, 0.1) is 11.3 Å². The molecule has 0 amide bonds. The number of hydrogen-bond acceptors (Lipinski definition) is 2. The number of para-hydroxylation sites is 1. The van der Waals surface area contributed by atoms with Crippen LogP contribution in [0.3, 0.4) is 0 Å². The van der Waals surface area contributed by atoms with Gasteiger partial charge in [0.15, 0.2) is 0 Å². The highest BCUT2D eigenvalue weighted by molar-refractivity contribution is 5.95. The largest absolute Gasteiger partial charge is 0.478 e. The van der Waals surface area contributed by atoms with E-state index in [-0.39, 0.29) is 0 Å². The molecule has 1 aromatic carbocycles. The molecule has 0 aliphatic carbocycles. The van der Waals surface area contributed by atoms with Crippen molar-refractivity contribution in [2.75, 3.05) is 5.32 Å². The molecule has 0 aromatic heterocycles. The number of carbonyl (C=O) groups is 1. The Morgan fingerprint density at radius 3 is 2.72 bits per heavy atom. The third kappa shape index (κ3) is 4.06. The van der Waals surface area contributed by atoms with Crippen LogP contribution in [0.5, 0.6) is 0 Å². The first kappa shape index (κ1) is 14.6. The van der Waals surface area contributed by atoms with Crippen molar-refractivity contribution in [1.29, 1.82) is 0 Å². The number of carboxylic acid groups (broad SMARTS) is 1. The molecule has 2 N–H and O–H groups in total. The van der Waals surface area contributed by atoms with Crippen LogP contribution in [-0.2, 0) is 0 Å². The van der Waals surface area contributed by atoms with Crippen molar-refractivity contribution in [2.24, 2.45) is 0 Å². The predicted octanol–water partition coefficient (Wildman–Crippen LogP) is 4.07. The fraction of sp³-hybridized carbons (Fsp3) is 0.533. The van der Waals surface area contributed by atoms with Gasteiger partial charge in [-0.05, 0) is 31.9 Å². The quantitative estimate of drug-likeness (QED) is 0.716. The second kappa shape index (κ2) is 7.04. The minimum atomic E-state index is -0.873. The molecular formula is C15H23NO2. The van der Waals surface area contributed by atoms with Crippen LogP contribution in [0.2, 0.25) is 0 Å². The number of rotatable bonds is 7. The lowest BCUT2D eigenvalue weighted by atomic mass is 10.1. The molecule has 1 aromatic rings. The van der Waals surface area contributed by atoms with Crippen molar-refractivity contribution in [3.05, 3.63) is 29.3 Å². The Kier molecular flexibility index (Phi) is 5.69. The van der Waals surface area contributed by atoms with Crippen LogP contribution in [0.25, 0.3) is 0 Å². The Balaban J connectivity index is 2.73. The highest BCUT2D eigenvalue weighted by Gasteiger charge is 2.13. The molecule has 1 unspecified atom stereocenters. The number of aromatic carboxylic acids is 1. The molecule has 0 aliphatic heterocycles. The zero-order valence-electron chi connectivity index (χ0n) is 11.5. The average Bonchev–Trinajstić information content (AvgIpc) is 2.31. The van der Waals surface area contributed by atoms with E-state index in [0.717, 1.165) is 17.7 Å². The van der Waals surface area contributed by atoms with Crippen LogP contribution in [0, 0.1) is 6.92 Å². The molecule has 1 rings (SSSR count). The third-order valence-electron chi connectivity index (χ3n) is 3.13. The molecular weight excluding hydrogens is 226 g/mol. The summed E-state index contributed by atoms with van der Waals surface area (Å²) in [4.78, 5) is 11.2. The Morgan fingerprint density at radius 2 is 2.11 bits per heavy atom. The first-order chi connectivity index (χ1) is 8.56. The topological polar surface area (TPSA) is 49.3 Å². The van der Waals surface area contributed by atoms with Gasteiger partial charge in [-0.15, -0.1) is 0 Å². The van der Waals surface area contributed by atoms with Gasteiger partial charge in [-0.1, -0.05) is 38.3 Å². The van der Waals surface area contributed by atoms with Crippen LogP contribution in [0.15, 0.2) is 18.2 Å². The van der Waals surface area contributed by atoms with Crippen molar-refractivity contribution in [3.8, 4) is 0 Å². The van der Waals surface area contributed by atoms with Crippen LogP contribution in [-0.4, -0.2) is 17.1 Å². The Bertz CT molecular complexity index is 401. The summed E-state index contributed by atoms with van der Waals surface area (Å²) in [5, 5.41) is 12.5. The summed E-state index contributed by atoms with van der Waals surface area (Å²) in [6.07, 6.45) is 4.68. The maximum absolute atomic E-state index is 11.2. The number of aryl methyl sites for hydroxylation is 1. The minimum absolute atomic E-state index is 0.302. The summed E-state index contributed by atoms with van der Waals surface area (Å²) >= 11 is 0. The van der Waals surface area contributed by atoms with Crippen LogP contribution >= 0.6 is 0 Å². The zero-order chi connectivity index (χ0) is 13.5. The number of nitrogens with one attached hydrogen (secondary N) is 1. The average molecular weight is 249 g/mol. The van der Waals surface area contributed by atoms with E-state index in [1.807, 2.05) is 13.0 Å². The molecule has 0 bridgehead atoms. The van der Waals surface area contributed by atoms with Gasteiger partial charge in [-0.25, -0.2) is 4.79 Å². The van der Waals surface area contributed by atoms with E-state index in [4.69, 9.17) is 0 Å². The van der Waals surface area contributed by atoms with Crippen molar-refractivity contribution < 1.29 is 9.90 Å². The summed E-state index contributed by atoms with van der Waals surface area (Å²) < 4.78 is 0. The van der Waals surface area contributed by atoms with E-state index in [1.165, 1.54) is 19.3 Å². The number of anilines is 1. The predicted molar refractivity (Wildman–Crippen MR) is 75.4 cm³/mol. The zero-order valence-corrected chi connectivity index (χ0v) is 11.5. The molecule has 0 spiro atoms. The Hall–Kier alpha value is -1.51.